The number of hydrogen-bond acceptors (Lipinski definition) is 3. The normalized spacial score (nSPS) is 12.0. The smallest absolute Gasteiger partial charge is 0.251 e. The Morgan fingerprint density at radius 3 is 2.20 bits per heavy atom. The van der Waals surface area contributed by atoms with Gasteiger partial charge < -0.3 is 20.7 Å². The zero-order chi connectivity index (χ0) is 21.1. The number of carbonyl (C=O) groups excluding carboxylic acids is 1. The highest BCUT2D eigenvalue weighted by molar-refractivity contribution is 14.0. The topological polar surface area (TPSA) is 74.8 Å². The lowest BCUT2D eigenvalue weighted by atomic mass is 10.1. The second-order valence-corrected chi connectivity index (χ2v) is 7.26. The average molecular weight is 524 g/mol. The van der Waals surface area contributed by atoms with Crippen LogP contribution in [-0.2, 0) is 0 Å². The lowest BCUT2D eigenvalue weighted by molar-refractivity contribution is 0.0954. The fourth-order valence-corrected chi connectivity index (χ4v) is 2.65. The molecule has 0 aromatic heterocycles. The summed E-state index contributed by atoms with van der Waals surface area (Å²) in [6, 6.07) is 17.4. The van der Waals surface area contributed by atoms with Crippen LogP contribution < -0.4 is 20.7 Å². The number of nitrogens with one attached hydrogen (secondary N) is 3. The predicted molar refractivity (Wildman–Crippen MR) is 134 cm³/mol. The summed E-state index contributed by atoms with van der Waals surface area (Å²) in [6.07, 6.45) is 0. The van der Waals surface area contributed by atoms with E-state index in [0.29, 0.717) is 37.1 Å². The van der Waals surface area contributed by atoms with E-state index in [9.17, 15) is 4.79 Å². The molecule has 1 unspecified atom stereocenters. The van der Waals surface area contributed by atoms with Crippen molar-refractivity contribution in [1.29, 1.82) is 0 Å². The first-order chi connectivity index (χ1) is 14.0. The Balaban J connectivity index is 0.00000450. The van der Waals surface area contributed by atoms with Crippen LogP contribution in [0.3, 0.4) is 0 Å². The summed E-state index contributed by atoms with van der Waals surface area (Å²) in [5.74, 6) is 1.99. The molecule has 1 atom stereocenters. The number of aliphatic imine (C=N–C) groups is 1. The molecule has 30 heavy (non-hydrogen) atoms. The van der Waals surface area contributed by atoms with Gasteiger partial charge in [-0.25, -0.2) is 0 Å². The fourth-order valence-electron chi connectivity index (χ4n) is 2.65. The number of halogens is 1. The van der Waals surface area contributed by atoms with Crippen molar-refractivity contribution in [2.75, 3.05) is 26.7 Å². The Morgan fingerprint density at radius 2 is 1.60 bits per heavy atom. The van der Waals surface area contributed by atoms with Crippen LogP contribution >= 0.6 is 24.0 Å². The van der Waals surface area contributed by atoms with E-state index in [-0.39, 0.29) is 35.9 Å². The highest BCUT2D eigenvalue weighted by atomic mass is 127. The summed E-state index contributed by atoms with van der Waals surface area (Å²) in [6.45, 7) is 8.13. The van der Waals surface area contributed by atoms with Gasteiger partial charge in [-0.3, -0.25) is 9.79 Å². The number of carbonyl (C=O) groups is 1. The van der Waals surface area contributed by atoms with Crippen molar-refractivity contribution in [2.24, 2.45) is 10.9 Å². The molecule has 2 rings (SSSR count). The van der Waals surface area contributed by atoms with Crippen molar-refractivity contribution >= 4 is 35.8 Å². The molecular formula is C23H33IN4O2. The summed E-state index contributed by atoms with van der Waals surface area (Å²) in [7, 11) is 1.73. The third kappa shape index (κ3) is 9.02. The molecule has 7 heteroatoms. The second-order valence-electron chi connectivity index (χ2n) is 7.26. The van der Waals surface area contributed by atoms with E-state index in [4.69, 9.17) is 4.74 Å². The molecule has 0 saturated heterocycles. The van der Waals surface area contributed by atoms with Gasteiger partial charge in [0, 0.05) is 25.7 Å². The Morgan fingerprint density at radius 1 is 0.967 bits per heavy atom. The number of ether oxygens (including phenoxy) is 1. The molecule has 0 aliphatic heterocycles. The van der Waals surface area contributed by atoms with Crippen molar-refractivity contribution in [1.82, 2.24) is 16.0 Å². The molecule has 2 aromatic carbocycles. The summed E-state index contributed by atoms with van der Waals surface area (Å²) in [4.78, 5) is 16.3. The molecular weight excluding hydrogens is 491 g/mol. The van der Waals surface area contributed by atoms with Crippen LogP contribution in [0.15, 0.2) is 59.6 Å². The van der Waals surface area contributed by atoms with Gasteiger partial charge in [0.05, 0.1) is 12.6 Å². The van der Waals surface area contributed by atoms with Gasteiger partial charge in [-0.1, -0.05) is 44.2 Å². The first kappa shape index (κ1) is 25.7. The van der Waals surface area contributed by atoms with Crippen molar-refractivity contribution in [3.8, 4) is 5.75 Å². The molecule has 3 N–H and O–H groups in total. The van der Waals surface area contributed by atoms with Crippen LogP contribution in [0.2, 0.25) is 0 Å². The van der Waals surface area contributed by atoms with E-state index in [2.05, 4.69) is 53.8 Å². The van der Waals surface area contributed by atoms with Gasteiger partial charge in [0.2, 0.25) is 0 Å². The van der Waals surface area contributed by atoms with Crippen molar-refractivity contribution in [2.45, 2.75) is 26.8 Å². The van der Waals surface area contributed by atoms with Crippen LogP contribution in [0.5, 0.6) is 5.75 Å². The number of guanidine groups is 1. The highest BCUT2D eigenvalue weighted by Crippen LogP contribution is 2.18. The Bertz CT molecular complexity index is 780. The molecule has 0 radical (unpaired) electrons. The maximum absolute atomic E-state index is 12.0. The lowest BCUT2D eigenvalue weighted by Gasteiger charge is -2.19. The third-order valence-corrected chi connectivity index (χ3v) is 4.28. The molecule has 0 fully saturated rings. The van der Waals surface area contributed by atoms with Gasteiger partial charge in [-0.15, -0.1) is 24.0 Å². The molecule has 0 spiro atoms. The average Bonchev–Trinajstić information content (AvgIpc) is 2.75. The number of amides is 1. The molecule has 0 bridgehead atoms. The van der Waals surface area contributed by atoms with E-state index in [1.165, 1.54) is 0 Å². The summed E-state index contributed by atoms with van der Waals surface area (Å²) in [5, 5.41) is 9.47. The van der Waals surface area contributed by atoms with Gasteiger partial charge in [0.1, 0.15) is 5.75 Å². The molecule has 0 saturated carbocycles. The molecule has 6 nitrogen and oxygen atoms in total. The molecule has 164 valence electrons. The molecule has 0 aliphatic carbocycles. The van der Waals surface area contributed by atoms with Crippen molar-refractivity contribution in [3.05, 3.63) is 65.7 Å². The standard InChI is InChI=1S/C23H32N4O2.HI/c1-17(2)16-29-21-12-10-19(11-13-21)18(3)27-23(24-4)26-15-14-25-22(28)20-8-6-5-7-9-20;/h5-13,17-18H,14-16H2,1-4H3,(H,25,28)(H2,24,26,27);1H. The first-order valence-corrected chi connectivity index (χ1v) is 10.0. The maximum atomic E-state index is 12.0. The third-order valence-electron chi connectivity index (χ3n) is 4.28. The minimum absolute atomic E-state index is 0. The van der Waals surface area contributed by atoms with Crippen LogP contribution in [0.1, 0.15) is 42.7 Å². The van der Waals surface area contributed by atoms with Crippen LogP contribution in [0.25, 0.3) is 0 Å². The quantitative estimate of drug-likeness (QED) is 0.201. The summed E-state index contributed by atoms with van der Waals surface area (Å²) < 4.78 is 5.73. The minimum Gasteiger partial charge on any atom is -0.493 e. The number of nitrogens with zero attached hydrogens (tertiary/aromatic N) is 1. The van der Waals surface area contributed by atoms with E-state index in [0.717, 1.165) is 11.3 Å². The Hall–Kier alpha value is -2.29. The van der Waals surface area contributed by atoms with E-state index in [1.54, 1.807) is 19.2 Å². The monoisotopic (exact) mass is 524 g/mol. The highest BCUT2D eigenvalue weighted by Gasteiger charge is 2.09. The van der Waals surface area contributed by atoms with Crippen LogP contribution in [-0.4, -0.2) is 38.6 Å². The molecule has 1 amide bonds. The summed E-state index contributed by atoms with van der Waals surface area (Å²) >= 11 is 0. The van der Waals surface area contributed by atoms with Gasteiger partial charge in [-0.05, 0) is 42.7 Å². The summed E-state index contributed by atoms with van der Waals surface area (Å²) in [5.41, 5.74) is 1.80. The SMILES string of the molecule is CN=C(NCCNC(=O)c1ccccc1)NC(C)c1ccc(OCC(C)C)cc1.I. The zero-order valence-electron chi connectivity index (χ0n) is 18.1. The zero-order valence-corrected chi connectivity index (χ0v) is 20.5. The number of rotatable bonds is 9. The number of hydrogen-bond donors (Lipinski definition) is 3. The van der Waals surface area contributed by atoms with Gasteiger partial charge >= 0.3 is 0 Å². The second kappa shape index (κ2) is 13.8. The van der Waals surface area contributed by atoms with E-state index in [1.807, 2.05) is 30.3 Å². The fraction of sp³-hybridized carbons (Fsp3) is 0.391. The van der Waals surface area contributed by atoms with Gasteiger partial charge in [-0.2, -0.15) is 0 Å². The first-order valence-electron chi connectivity index (χ1n) is 10.0. The van der Waals surface area contributed by atoms with Gasteiger partial charge in [0.15, 0.2) is 5.96 Å². The lowest BCUT2D eigenvalue weighted by Crippen LogP contribution is -2.42. The molecule has 0 heterocycles. The van der Waals surface area contributed by atoms with Gasteiger partial charge in [0.25, 0.3) is 5.91 Å². The van der Waals surface area contributed by atoms with Crippen molar-refractivity contribution in [3.63, 3.8) is 0 Å². The Kier molecular flexibility index (Phi) is 11.9. The largest absolute Gasteiger partial charge is 0.493 e. The molecule has 0 aliphatic rings. The van der Waals surface area contributed by atoms with Crippen molar-refractivity contribution < 1.29 is 9.53 Å². The Labute approximate surface area is 196 Å². The van der Waals surface area contributed by atoms with Crippen LogP contribution in [0, 0.1) is 5.92 Å². The number of benzene rings is 2. The maximum Gasteiger partial charge on any atom is 0.251 e. The predicted octanol–water partition coefficient (Wildman–Crippen LogP) is 4.00. The molecule has 2 aromatic rings. The minimum atomic E-state index is -0.0801. The van der Waals surface area contributed by atoms with E-state index < -0.39 is 0 Å². The van der Waals surface area contributed by atoms with E-state index >= 15 is 0 Å². The van der Waals surface area contributed by atoms with Crippen LogP contribution in [0.4, 0.5) is 0 Å².